The zero-order valence-corrected chi connectivity index (χ0v) is 13.8. The average Bonchev–Trinajstić information content (AvgIpc) is 2.61. The van der Waals surface area contributed by atoms with Crippen LogP contribution in [0.2, 0.25) is 5.15 Å². The molecule has 0 bridgehead atoms. The molecule has 0 radical (unpaired) electrons. The van der Waals surface area contributed by atoms with E-state index in [0.29, 0.717) is 6.42 Å². The minimum absolute atomic E-state index is 0.0910. The molecule has 0 aliphatic heterocycles. The standard InChI is InChI=1S/C17H14ClN3O4/c18-16-14(10-15(11-20-16)21(23)24)8-4-5-9-19-17(22)25-12-13-6-2-1-3-7-13/h1-3,6-7,10-11H,5,9,12H2,(H,19,22). The van der Waals surface area contributed by atoms with Gasteiger partial charge in [-0.2, -0.15) is 0 Å². The Morgan fingerprint density at radius 2 is 2.12 bits per heavy atom. The lowest BCUT2D eigenvalue weighted by molar-refractivity contribution is -0.385. The topological polar surface area (TPSA) is 94.4 Å². The fourth-order valence-corrected chi connectivity index (χ4v) is 1.93. The monoisotopic (exact) mass is 359 g/mol. The van der Waals surface area contributed by atoms with Crippen molar-refractivity contribution in [3.63, 3.8) is 0 Å². The van der Waals surface area contributed by atoms with Crippen molar-refractivity contribution in [3.05, 3.63) is 69.0 Å². The Morgan fingerprint density at radius 1 is 1.36 bits per heavy atom. The Labute approximate surface area is 149 Å². The predicted molar refractivity (Wildman–Crippen MR) is 92.0 cm³/mol. The number of benzene rings is 1. The van der Waals surface area contributed by atoms with Gasteiger partial charge in [-0.3, -0.25) is 10.1 Å². The number of hydrogen-bond donors (Lipinski definition) is 1. The number of aromatic nitrogens is 1. The Kier molecular flexibility index (Phi) is 6.75. The SMILES string of the molecule is O=C(NCCC#Cc1cc([N+](=O)[O-])cnc1Cl)OCc1ccccc1. The highest BCUT2D eigenvalue weighted by atomic mass is 35.5. The van der Waals surface area contributed by atoms with Crippen molar-refractivity contribution in [2.45, 2.75) is 13.0 Å². The summed E-state index contributed by atoms with van der Waals surface area (Å²) in [6.45, 7) is 0.466. The zero-order chi connectivity index (χ0) is 18.1. The van der Waals surface area contributed by atoms with Crippen LogP contribution in [0, 0.1) is 22.0 Å². The summed E-state index contributed by atoms with van der Waals surface area (Å²) in [5, 5.41) is 13.3. The fourth-order valence-electron chi connectivity index (χ4n) is 1.78. The van der Waals surface area contributed by atoms with E-state index in [2.05, 4.69) is 22.1 Å². The molecular weight excluding hydrogens is 346 g/mol. The maximum absolute atomic E-state index is 11.5. The molecular formula is C17H14ClN3O4. The number of carbonyl (C=O) groups is 1. The number of ether oxygens (including phenoxy) is 1. The molecule has 0 spiro atoms. The number of nitro groups is 1. The van der Waals surface area contributed by atoms with E-state index in [0.717, 1.165) is 11.8 Å². The Hall–Kier alpha value is -3.11. The normalized spacial score (nSPS) is 9.64. The van der Waals surface area contributed by atoms with Gasteiger partial charge in [0, 0.05) is 19.0 Å². The molecule has 0 unspecified atom stereocenters. The summed E-state index contributed by atoms with van der Waals surface area (Å²) in [6, 6.07) is 10.6. The highest BCUT2D eigenvalue weighted by molar-refractivity contribution is 6.30. The highest BCUT2D eigenvalue weighted by Gasteiger charge is 2.09. The summed E-state index contributed by atoms with van der Waals surface area (Å²) in [5.74, 6) is 5.47. The van der Waals surface area contributed by atoms with Crippen LogP contribution in [0.5, 0.6) is 0 Å². The number of amides is 1. The van der Waals surface area contributed by atoms with Crippen LogP contribution in [0.1, 0.15) is 17.5 Å². The fraction of sp³-hybridized carbons (Fsp3) is 0.176. The molecule has 0 saturated heterocycles. The van der Waals surface area contributed by atoms with Crippen LogP contribution in [0.25, 0.3) is 0 Å². The summed E-state index contributed by atoms with van der Waals surface area (Å²) < 4.78 is 5.05. The van der Waals surface area contributed by atoms with E-state index in [-0.39, 0.29) is 29.6 Å². The third-order valence-electron chi connectivity index (χ3n) is 2.99. The van der Waals surface area contributed by atoms with Gasteiger partial charge in [-0.05, 0) is 5.56 Å². The number of halogens is 1. The van der Waals surface area contributed by atoms with Gasteiger partial charge in [-0.1, -0.05) is 53.8 Å². The first-order valence-electron chi connectivity index (χ1n) is 7.29. The predicted octanol–water partition coefficient (Wildman–Crippen LogP) is 3.31. The van der Waals surface area contributed by atoms with E-state index in [1.165, 1.54) is 6.07 Å². The molecule has 0 atom stereocenters. The van der Waals surface area contributed by atoms with Gasteiger partial charge in [0.2, 0.25) is 0 Å². The zero-order valence-electron chi connectivity index (χ0n) is 13.1. The molecule has 1 aromatic heterocycles. The first-order chi connectivity index (χ1) is 12.1. The second-order valence-corrected chi connectivity index (χ2v) is 5.19. The Balaban J connectivity index is 1.76. The summed E-state index contributed by atoms with van der Waals surface area (Å²) >= 11 is 5.84. The van der Waals surface area contributed by atoms with Gasteiger partial charge in [0.25, 0.3) is 5.69 Å². The summed E-state index contributed by atoms with van der Waals surface area (Å²) in [6.07, 6.45) is 0.859. The number of rotatable bonds is 5. The maximum atomic E-state index is 11.5. The quantitative estimate of drug-likeness (QED) is 0.290. The van der Waals surface area contributed by atoms with Crippen molar-refractivity contribution in [1.29, 1.82) is 0 Å². The van der Waals surface area contributed by atoms with Crippen LogP contribution < -0.4 is 5.32 Å². The van der Waals surface area contributed by atoms with Crippen LogP contribution in [-0.4, -0.2) is 22.5 Å². The molecule has 1 amide bonds. The van der Waals surface area contributed by atoms with Gasteiger partial charge in [0.05, 0.1) is 10.5 Å². The van der Waals surface area contributed by atoms with Crippen molar-refractivity contribution < 1.29 is 14.5 Å². The van der Waals surface area contributed by atoms with Gasteiger partial charge < -0.3 is 10.1 Å². The molecule has 128 valence electrons. The summed E-state index contributed by atoms with van der Waals surface area (Å²) in [4.78, 5) is 25.4. The summed E-state index contributed by atoms with van der Waals surface area (Å²) in [5.41, 5.74) is 0.976. The lowest BCUT2D eigenvalue weighted by atomic mass is 10.2. The Bertz CT molecular complexity index is 816. The van der Waals surface area contributed by atoms with E-state index in [9.17, 15) is 14.9 Å². The smallest absolute Gasteiger partial charge is 0.407 e. The van der Waals surface area contributed by atoms with Gasteiger partial charge in [0.15, 0.2) is 0 Å². The van der Waals surface area contributed by atoms with E-state index < -0.39 is 11.0 Å². The number of carbonyl (C=O) groups excluding carboxylic acids is 1. The van der Waals surface area contributed by atoms with Gasteiger partial charge in [-0.15, -0.1) is 0 Å². The highest BCUT2D eigenvalue weighted by Crippen LogP contribution is 2.17. The third-order valence-corrected chi connectivity index (χ3v) is 3.29. The molecule has 0 aliphatic carbocycles. The molecule has 1 heterocycles. The molecule has 0 aliphatic rings. The van der Waals surface area contributed by atoms with Crippen molar-refractivity contribution in [3.8, 4) is 11.8 Å². The van der Waals surface area contributed by atoms with Gasteiger partial charge in [-0.25, -0.2) is 9.78 Å². The van der Waals surface area contributed by atoms with Gasteiger partial charge >= 0.3 is 6.09 Å². The molecule has 8 heteroatoms. The summed E-state index contributed by atoms with van der Waals surface area (Å²) in [7, 11) is 0. The molecule has 2 rings (SSSR count). The van der Waals surface area contributed by atoms with Crippen molar-refractivity contribution in [2.75, 3.05) is 6.54 Å². The second-order valence-electron chi connectivity index (χ2n) is 4.83. The van der Waals surface area contributed by atoms with E-state index in [4.69, 9.17) is 16.3 Å². The second kappa shape index (κ2) is 9.25. The Morgan fingerprint density at radius 3 is 2.84 bits per heavy atom. The largest absolute Gasteiger partial charge is 0.445 e. The van der Waals surface area contributed by atoms with Gasteiger partial charge in [0.1, 0.15) is 18.0 Å². The van der Waals surface area contributed by atoms with Crippen molar-refractivity contribution in [2.24, 2.45) is 0 Å². The minimum atomic E-state index is -0.571. The molecule has 0 saturated carbocycles. The lowest BCUT2D eigenvalue weighted by Gasteiger charge is -2.05. The van der Waals surface area contributed by atoms with E-state index in [1.54, 1.807) is 0 Å². The average molecular weight is 360 g/mol. The van der Waals surface area contributed by atoms with E-state index in [1.807, 2.05) is 30.3 Å². The molecule has 1 N–H and O–H groups in total. The number of nitrogens with one attached hydrogen (secondary N) is 1. The number of pyridine rings is 1. The minimum Gasteiger partial charge on any atom is -0.445 e. The maximum Gasteiger partial charge on any atom is 0.407 e. The molecule has 1 aromatic carbocycles. The number of alkyl carbamates (subject to hydrolysis) is 1. The molecule has 25 heavy (non-hydrogen) atoms. The van der Waals surface area contributed by atoms with Crippen molar-refractivity contribution in [1.82, 2.24) is 10.3 Å². The van der Waals surface area contributed by atoms with Crippen LogP contribution in [0.4, 0.5) is 10.5 Å². The number of nitrogens with zero attached hydrogens (tertiary/aromatic N) is 2. The molecule has 0 fully saturated rings. The molecule has 7 nitrogen and oxygen atoms in total. The first kappa shape index (κ1) is 18.2. The van der Waals surface area contributed by atoms with Crippen LogP contribution in [0.3, 0.4) is 0 Å². The third kappa shape index (κ3) is 6.12. The van der Waals surface area contributed by atoms with Crippen LogP contribution >= 0.6 is 11.6 Å². The van der Waals surface area contributed by atoms with Crippen LogP contribution in [-0.2, 0) is 11.3 Å². The first-order valence-corrected chi connectivity index (χ1v) is 7.67. The van der Waals surface area contributed by atoms with E-state index >= 15 is 0 Å². The number of hydrogen-bond acceptors (Lipinski definition) is 5. The molecule has 2 aromatic rings. The van der Waals surface area contributed by atoms with Crippen LogP contribution in [0.15, 0.2) is 42.6 Å². The lowest BCUT2D eigenvalue weighted by Crippen LogP contribution is -2.24. The van der Waals surface area contributed by atoms with Crippen molar-refractivity contribution >= 4 is 23.4 Å².